The first-order valence-electron chi connectivity index (χ1n) is 6.41. The van der Waals surface area contributed by atoms with E-state index in [2.05, 4.69) is 24.5 Å². The summed E-state index contributed by atoms with van der Waals surface area (Å²) in [5.74, 6) is 0. The zero-order chi connectivity index (χ0) is 11.2. The van der Waals surface area contributed by atoms with Gasteiger partial charge in [-0.15, -0.1) is 0 Å². The number of hydrogen-bond donors (Lipinski definition) is 2. The summed E-state index contributed by atoms with van der Waals surface area (Å²) in [6, 6.07) is 0. The Hall–Kier alpha value is -0.120. The van der Waals surface area contributed by atoms with Gasteiger partial charge < -0.3 is 15.4 Å². The molecule has 0 aliphatic carbocycles. The van der Waals surface area contributed by atoms with Gasteiger partial charge in [0.1, 0.15) is 0 Å². The maximum Gasteiger partial charge on any atom is 0.0478 e. The Labute approximate surface area is 95.0 Å². The fourth-order valence-electron chi connectivity index (χ4n) is 1.30. The third-order valence-corrected chi connectivity index (χ3v) is 2.14. The lowest BCUT2D eigenvalue weighted by molar-refractivity contribution is 0.129. The van der Waals surface area contributed by atoms with Crippen LogP contribution in [0.2, 0.25) is 0 Å². The van der Waals surface area contributed by atoms with Crippen molar-refractivity contribution in [2.24, 2.45) is 0 Å². The van der Waals surface area contributed by atoms with Gasteiger partial charge in [0, 0.05) is 13.2 Å². The molecule has 0 saturated carbocycles. The summed E-state index contributed by atoms with van der Waals surface area (Å²) in [5.41, 5.74) is 0. The summed E-state index contributed by atoms with van der Waals surface area (Å²) in [6.07, 6.45) is 4.68. The van der Waals surface area contributed by atoms with Gasteiger partial charge in [-0.25, -0.2) is 0 Å². The molecule has 0 aromatic carbocycles. The van der Waals surface area contributed by atoms with Gasteiger partial charge in [-0.1, -0.05) is 13.8 Å². The second kappa shape index (κ2) is 13.9. The summed E-state index contributed by atoms with van der Waals surface area (Å²) in [5, 5.41) is 6.72. The first-order chi connectivity index (χ1) is 7.41. The van der Waals surface area contributed by atoms with Gasteiger partial charge in [0.05, 0.1) is 0 Å². The molecular formula is C12H28N2O. The van der Waals surface area contributed by atoms with E-state index < -0.39 is 0 Å². The third kappa shape index (κ3) is 13.9. The fourth-order valence-corrected chi connectivity index (χ4v) is 1.30. The summed E-state index contributed by atoms with van der Waals surface area (Å²) in [4.78, 5) is 0. The molecule has 0 aromatic rings. The number of rotatable bonds is 12. The standard InChI is InChI=1S/C12H28N2O/c1-3-7-13-9-5-11-15-12-6-10-14-8-4-2/h13-14H,3-12H2,1-2H3. The largest absolute Gasteiger partial charge is 0.381 e. The highest BCUT2D eigenvalue weighted by Gasteiger charge is 1.90. The molecule has 3 heteroatoms. The van der Waals surface area contributed by atoms with Crippen molar-refractivity contribution in [3.8, 4) is 0 Å². The van der Waals surface area contributed by atoms with Crippen LogP contribution in [0, 0.1) is 0 Å². The number of hydrogen-bond acceptors (Lipinski definition) is 3. The predicted octanol–water partition coefficient (Wildman–Crippen LogP) is 1.78. The Bertz CT molecular complexity index is 97.8. The molecule has 0 saturated heterocycles. The van der Waals surface area contributed by atoms with E-state index in [1.54, 1.807) is 0 Å². The lowest BCUT2D eigenvalue weighted by Gasteiger charge is -2.05. The molecule has 2 N–H and O–H groups in total. The van der Waals surface area contributed by atoms with E-state index >= 15 is 0 Å². The molecular weight excluding hydrogens is 188 g/mol. The van der Waals surface area contributed by atoms with Gasteiger partial charge in [-0.2, -0.15) is 0 Å². The van der Waals surface area contributed by atoms with Crippen molar-refractivity contribution in [2.75, 3.05) is 39.4 Å². The van der Waals surface area contributed by atoms with Gasteiger partial charge >= 0.3 is 0 Å². The Morgan fingerprint density at radius 2 is 1.20 bits per heavy atom. The monoisotopic (exact) mass is 216 g/mol. The second-order valence-corrected chi connectivity index (χ2v) is 3.82. The molecule has 0 amide bonds. The number of nitrogens with one attached hydrogen (secondary N) is 2. The minimum Gasteiger partial charge on any atom is -0.381 e. The Morgan fingerprint density at radius 1 is 0.733 bits per heavy atom. The maximum absolute atomic E-state index is 5.51. The fraction of sp³-hybridized carbons (Fsp3) is 1.00. The van der Waals surface area contributed by atoms with Crippen LogP contribution in [-0.4, -0.2) is 39.4 Å². The van der Waals surface area contributed by atoms with Gasteiger partial charge in [0.25, 0.3) is 0 Å². The molecule has 0 fully saturated rings. The predicted molar refractivity (Wildman–Crippen MR) is 66.4 cm³/mol. The van der Waals surface area contributed by atoms with E-state index in [9.17, 15) is 0 Å². The zero-order valence-electron chi connectivity index (χ0n) is 10.5. The molecule has 0 atom stereocenters. The highest BCUT2D eigenvalue weighted by Crippen LogP contribution is 1.85. The highest BCUT2D eigenvalue weighted by atomic mass is 16.5. The lowest BCUT2D eigenvalue weighted by Crippen LogP contribution is -2.19. The van der Waals surface area contributed by atoms with E-state index in [1.807, 2.05) is 0 Å². The average molecular weight is 216 g/mol. The molecule has 0 bridgehead atoms. The molecule has 0 spiro atoms. The molecule has 0 heterocycles. The van der Waals surface area contributed by atoms with E-state index in [4.69, 9.17) is 4.74 Å². The van der Waals surface area contributed by atoms with E-state index in [-0.39, 0.29) is 0 Å². The van der Waals surface area contributed by atoms with Crippen LogP contribution >= 0.6 is 0 Å². The van der Waals surface area contributed by atoms with Crippen molar-refractivity contribution in [1.82, 2.24) is 10.6 Å². The first kappa shape index (κ1) is 14.9. The van der Waals surface area contributed by atoms with E-state index in [0.717, 1.165) is 52.2 Å². The van der Waals surface area contributed by atoms with Gasteiger partial charge in [0.15, 0.2) is 0 Å². The van der Waals surface area contributed by atoms with Crippen molar-refractivity contribution in [1.29, 1.82) is 0 Å². The molecule has 0 unspecified atom stereocenters. The Balaban J connectivity index is 2.81. The molecule has 0 aliphatic rings. The normalized spacial score (nSPS) is 10.8. The molecule has 15 heavy (non-hydrogen) atoms. The van der Waals surface area contributed by atoms with E-state index in [1.165, 1.54) is 12.8 Å². The quantitative estimate of drug-likeness (QED) is 0.488. The molecule has 92 valence electrons. The maximum atomic E-state index is 5.51. The smallest absolute Gasteiger partial charge is 0.0478 e. The molecule has 3 nitrogen and oxygen atoms in total. The summed E-state index contributed by atoms with van der Waals surface area (Å²) < 4.78 is 5.51. The van der Waals surface area contributed by atoms with Crippen molar-refractivity contribution in [3.05, 3.63) is 0 Å². The second-order valence-electron chi connectivity index (χ2n) is 3.82. The topological polar surface area (TPSA) is 33.3 Å². The Morgan fingerprint density at radius 3 is 1.60 bits per heavy atom. The van der Waals surface area contributed by atoms with Crippen LogP contribution < -0.4 is 10.6 Å². The molecule has 0 radical (unpaired) electrons. The van der Waals surface area contributed by atoms with Gasteiger partial charge in [-0.05, 0) is 51.9 Å². The Kier molecular flexibility index (Phi) is 13.8. The molecule has 0 rings (SSSR count). The lowest BCUT2D eigenvalue weighted by atomic mass is 10.4. The van der Waals surface area contributed by atoms with Crippen LogP contribution in [0.15, 0.2) is 0 Å². The SMILES string of the molecule is CCCNCCCOCCCNCCC. The average Bonchev–Trinajstić information content (AvgIpc) is 2.26. The summed E-state index contributed by atoms with van der Waals surface area (Å²) in [7, 11) is 0. The van der Waals surface area contributed by atoms with E-state index in [0.29, 0.717) is 0 Å². The van der Waals surface area contributed by atoms with Crippen LogP contribution in [0.25, 0.3) is 0 Å². The minimum absolute atomic E-state index is 0.893. The zero-order valence-corrected chi connectivity index (χ0v) is 10.5. The van der Waals surface area contributed by atoms with Crippen LogP contribution in [-0.2, 0) is 4.74 Å². The first-order valence-corrected chi connectivity index (χ1v) is 6.41. The summed E-state index contributed by atoms with van der Waals surface area (Å²) >= 11 is 0. The molecule has 0 aliphatic heterocycles. The van der Waals surface area contributed by atoms with Crippen LogP contribution in [0.4, 0.5) is 0 Å². The summed E-state index contributed by atoms with van der Waals surface area (Å²) in [6.45, 7) is 10.6. The van der Waals surface area contributed by atoms with Crippen molar-refractivity contribution < 1.29 is 4.74 Å². The number of ether oxygens (including phenoxy) is 1. The molecule has 0 aromatic heterocycles. The van der Waals surface area contributed by atoms with Gasteiger partial charge in [0.2, 0.25) is 0 Å². The highest BCUT2D eigenvalue weighted by molar-refractivity contribution is 4.47. The van der Waals surface area contributed by atoms with Crippen molar-refractivity contribution in [2.45, 2.75) is 39.5 Å². The van der Waals surface area contributed by atoms with Crippen LogP contribution in [0.5, 0.6) is 0 Å². The minimum atomic E-state index is 0.893. The van der Waals surface area contributed by atoms with Crippen molar-refractivity contribution >= 4 is 0 Å². The van der Waals surface area contributed by atoms with Crippen LogP contribution in [0.3, 0.4) is 0 Å². The third-order valence-electron chi connectivity index (χ3n) is 2.14. The van der Waals surface area contributed by atoms with Gasteiger partial charge in [-0.3, -0.25) is 0 Å². The van der Waals surface area contributed by atoms with Crippen molar-refractivity contribution in [3.63, 3.8) is 0 Å². The van der Waals surface area contributed by atoms with Crippen LogP contribution in [0.1, 0.15) is 39.5 Å².